The molecule has 0 saturated heterocycles. The van der Waals surface area contributed by atoms with E-state index in [0.717, 1.165) is 27.5 Å². The van der Waals surface area contributed by atoms with Crippen molar-refractivity contribution in [3.05, 3.63) is 77.2 Å². The minimum absolute atomic E-state index is 0.0695. The molecule has 2 nitrogen and oxygen atoms in total. The van der Waals surface area contributed by atoms with Gasteiger partial charge in [0.1, 0.15) is 15.9 Å². The van der Waals surface area contributed by atoms with Gasteiger partial charge in [0, 0.05) is 5.75 Å². The van der Waals surface area contributed by atoms with E-state index in [0.29, 0.717) is 5.70 Å². The molecule has 1 heterocycles. The minimum Gasteiger partial charge on any atom is -0.279 e. The highest BCUT2D eigenvalue weighted by molar-refractivity contribution is 8.45. The molecule has 0 aromatic heterocycles. The molecule has 2 aromatic carbocycles. The van der Waals surface area contributed by atoms with Crippen LogP contribution in [0.2, 0.25) is 0 Å². The van der Waals surface area contributed by atoms with E-state index in [4.69, 9.17) is 0 Å². The average Bonchev–Trinajstić information content (AvgIpc) is 2.89. The number of halogens is 1. The molecule has 0 aliphatic carbocycles. The highest BCUT2D eigenvalue weighted by atomic mass is 32.2. The van der Waals surface area contributed by atoms with E-state index >= 15 is 0 Å². The van der Waals surface area contributed by atoms with E-state index in [1.165, 1.54) is 17.7 Å². The van der Waals surface area contributed by atoms with E-state index in [-0.39, 0.29) is 10.9 Å². The van der Waals surface area contributed by atoms with Crippen LogP contribution in [0.25, 0.3) is 6.08 Å². The molecule has 0 bridgehead atoms. The van der Waals surface area contributed by atoms with Crippen LogP contribution >= 0.6 is 23.5 Å². The monoisotopic (exact) mass is 329 g/mol. The topological polar surface area (TPSA) is 29.4 Å². The molecule has 0 unspecified atom stereocenters. The van der Waals surface area contributed by atoms with Crippen molar-refractivity contribution in [1.29, 1.82) is 0 Å². The summed E-state index contributed by atoms with van der Waals surface area (Å²) in [7, 11) is 0. The third kappa shape index (κ3) is 3.87. The first-order valence-electron chi connectivity index (χ1n) is 6.65. The maximum atomic E-state index is 12.9. The van der Waals surface area contributed by atoms with E-state index in [1.807, 2.05) is 30.3 Å². The van der Waals surface area contributed by atoms with Gasteiger partial charge in [-0.2, -0.15) is 0 Å². The highest BCUT2D eigenvalue weighted by Crippen LogP contribution is 2.32. The molecular weight excluding hydrogens is 317 g/mol. The van der Waals surface area contributed by atoms with Gasteiger partial charge < -0.3 is 0 Å². The lowest BCUT2D eigenvalue weighted by Gasteiger charge is -1.98. The van der Waals surface area contributed by atoms with Crippen molar-refractivity contribution in [3.63, 3.8) is 0 Å². The maximum absolute atomic E-state index is 12.9. The van der Waals surface area contributed by atoms with Crippen LogP contribution < -0.4 is 0 Å². The smallest absolute Gasteiger partial charge is 0.244 e. The van der Waals surface area contributed by atoms with Crippen LogP contribution in [0.15, 0.2) is 65.3 Å². The molecule has 22 heavy (non-hydrogen) atoms. The number of nitrogens with zero attached hydrogens (tertiary/aromatic N) is 1. The molecule has 0 spiro atoms. The quantitative estimate of drug-likeness (QED) is 0.763. The van der Waals surface area contributed by atoms with E-state index < -0.39 is 0 Å². The fourth-order valence-corrected chi connectivity index (χ4v) is 3.68. The summed E-state index contributed by atoms with van der Waals surface area (Å²) in [4.78, 5) is 16.3. The third-order valence-corrected chi connectivity index (χ3v) is 5.06. The molecule has 0 atom stereocenters. The fraction of sp³-hybridized carbons (Fsp3) is 0.0588. The molecular formula is C17H12FNOS2. The molecule has 0 N–H and O–H groups in total. The minimum atomic E-state index is -0.295. The lowest BCUT2D eigenvalue weighted by molar-refractivity contribution is -0.107. The maximum Gasteiger partial charge on any atom is 0.244 e. The van der Waals surface area contributed by atoms with Gasteiger partial charge in [-0.15, -0.1) is 0 Å². The molecule has 1 aliphatic heterocycles. The van der Waals surface area contributed by atoms with E-state index in [2.05, 4.69) is 4.99 Å². The zero-order valence-corrected chi connectivity index (χ0v) is 13.2. The Bertz CT molecular complexity index is 739. The largest absolute Gasteiger partial charge is 0.279 e. The summed E-state index contributed by atoms with van der Waals surface area (Å²) >= 11 is 2.70. The molecule has 0 fully saturated rings. The normalized spacial score (nSPS) is 16.1. The Kier molecular flexibility index (Phi) is 4.75. The van der Waals surface area contributed by atoms with Crippen LogP contribution in [0.5, 0.6) is 0 Å². The molecule has 0 radical (unpaired) electrons. The Morgan fingerprint density at radius 3 is 2.55 bits per heavy atom. The van der Waals surface area contributed by atoms with Crippen molar-refractivity contribution in [2.75, 3.05) is 0 Å². The summed E-state index contributed by atoms with van der Waals surface area (Å²) in [5.41, 5.74) is 2.37. The molecule has 110 valence electrons. The molecule has 2 aromatic rings. The van der Waals surface area contributed by atoms with Crippen molar-refractivity contribution < 1.29 is 9.18 Å². The number of hydrogen-bond donors (Lipinski definition) is 0. The number of benzene rings is 2. The predicted molar refractivity (Wildman–Crippen MR) is 92.1 cm³/mol. The Balaban J connectivity index is 1.70. The first-order valence-corrected chi connectivity index (χ1v) is 8.46. The molecule has 0 saturated carbocycles. The Hall–Kier alpha value is -1.85. The molecule has 0 amide bonds. The van der Waals surface area contributed by atoms with Gasteiger partial charge >= 0.3 is 0 Å². The van der Waals surface area contributed by atoms with Crippen molar-refractivity contribution in [2.24, 2.45) is 4.99 Å². The standard InChI is InChI=1S/C17H12FNOS2/c18-14-8-6-12(7-9-14)10-15-16(20)22-17(19-15)21-11-13-4-2-1-3-5-13/h1-10H,11H2/b15-10+. The van der Waals surface area contributed by atoms with Gasteiger partial charge in [0.25, 0.3) is 0 Å². The van der Waals surface area contributed by atoms with Gasteiger partial charge in [-0.1, -0.05) is 54.2 Å². The lowest BCUT2D eigenvalue weighted by Crippen LogP contribution is -1.88. The van der Waals surface area contributed by atoms with E-state index in [1.54, 1.807) is 30.0 Å². The van der Waals surface area contributed by atoms with Crippen molar-refractivity contribution in [3.8, 4) is 0 Å². The van der Waals surface area contributed by atoms with Gasteiger partial charge in [-0.05, 0) is 41.1 Å². The van der Waals surface area contributed by atoms with Gasteiger partial charge in [-0.25, -0.2) is 9.38 Å². The molecule has 3 rings (SSSR count). The summed E-state index contributed by atoms with van der Waals surface area (Å²) in [6.07, 6.45) is 1.69. The van der Waals surface area contributed by atoms with E-state index in [9.17, 15) is 9.18 Å². The Morgan fingerprint density at radius 1 is 1.09 bits per heavy atom. The lowest BCUT2D eigenvalue weighted by atomic mass is 10.2. The number of hydrogen-bond acceptors (Lipinski definition) is 4. The van der Waals surface area contributed by atoms with Gasteiger partial charge in [0.15, 0.2) is 0 Å². The second-order valence-electron chi connectivity index (χ2n) is 4.62. The number of carbonyl (C=O) groups excluding carboxylic acids is 1. The predicted octanol–water partition coefficient (Wildman–Crippen LogP) is 4.73. The third-order valence-electron chi connectivity index (χ3n) is 2.98. The molecule has 5 heteroatoms. The highest BCUT2D eigenvalue weighted by Gasteiger charge is 2.22. The average molecular weight is 329 g/mol. The summed E-state index contributed by atoms with van der Waals surface area (Å²) in [5.74, 6) is 0.487. The zero-order chi connectivity index (χ0) is 15.4. The van der Waals surface area contributed by atoms with Crippen LogP contribution in [0.4, 0.5) is 4.39 Å². The number of carbonyl (C=O) groups is 1. The summed E-state index contributed by atoms with van der Waals surface area (Å²) in [6.45, 7) is 0. The number of rotatable bonds is 3. The van der Waals surface area contributed by atoms with Crippen molar-refractivity contribution in [2.45, 2.75) is 5.75 Å². The summed E-state index contributed by atoms with van der Waals surface area (Å²) < 4.78 is 13.6. The first-order chi connectivity index (χ1) is 10.7. The zero-order valence-electron chi connectivity index (χ0n) is 11.5. The number of aliphatic imine (C=N–C) groups is 1. The van der Waals surface area contributed by atoms with Crippen LogP contribution in [0, 0.1) is 5.82 Å². The van der Waals surface area contributed by atoms with Gasteiger partial charge in [0.05, 0.1) is 0 Å². The first kappa shape index (κ1) is 15.1. The van der Waals surface area contributed by atoms with Crippen molar-refractivity contribution >= 4 is 39.1 Å². The van der Waals surface area contributed by atoms with Crippen molar-refractivity contribution in [1.82, 2.24) is 0 Å². The number of thioether (sulfide) groups is 2. The second-order valence-corrected chi connectivity index (χ2v) is 6.81. The fourth-order valence-electron chi connectivity index (χ4n) is 1.89. The van der Waals surface area contributed by atoms with Crippen LogP contribution in [-0.4, -0.2) is 9.49 Å². The van der Waals surface area contributed by atoms with Crippen LogP contribution in [-0.2, 0) is 10.5 Å². The molecule has 1 aliphatic rings. The Morgan fingerprint density at radius 2 is 1.82 bits per heavy atom. The summed E-state index contributed by atoms with van der Waals surface area (Å²) in [6, 6.07) is 16.0. The van der Waals surface area contributed by atoms with Gasteiger partial charge in [0.2, 0.25) is 5.12 Å². The van der Waals surface area contributed by atoms with Crippen LogP contribution in [0.1, 0.15) is 11.1 Å². The second kappa shape index (κ2) is 6.94. The summed E-state index contributed by atoms with van der Waals surface area (Å²) in [5, 5.41) is -0.0695. The Labute approximate surface area is 136 Å². The van der Waals surface area contributed by atoms with Gasteiger partial charge in [-0.3, -0.25) is 4.79 Å². The van der Waals surface area contributed by atoms with Crippen LogP contribution in [0.3, 0.4) is 0 Å². The SMILES string of the molecule is O=C1SC(SCc2ccccc2)=N/C1=C/c1ccc(F)cc1.